The van der Waals surface area contributed by atoms with E-state index in [9.17, 15) is 25.2 Å². The molecule has 2 aliphatic carbocycles. The molecule has 2 nitrogen and oxygen atoms in total. The molecule has 0 saturated carbocycles. The first-order chi connectivity index (χ1) is 12.3. The van der Waals surface area contributed by atoms with E-state index in [1.165, 1.54) is 25.7 Å². The van der Waals surface area contributed by atoms with E-state index in [-0.39, 0.29) is 0 Å². The van der Waals surface area contributed by atoms with Crippen molar-refractivity contribution >= 4 is 17.5 Å². The monoisotopic (exact) mass is 525 g/mol. The maximum atomic E-state index is 9.87. The van der Waals surface area contributed by atoms with Crippen LogP contribution in [0.2, 0.25) is 0 Å². The van der Waals surface area contributed by atoms with Crippen LogP contribution in [0.4, 0.5) is 25.2 Å². The summed E-state index contributed by atoms with van der Waals surface area (Å²) in [6.07, 6.45) is 9.97. The van der Waals surface area contributed by atoms with E-state index in [0.717, 1.165) is 11.8 Å². The van der Waals surface area contributed by atoms with Crippen molar-refractivity contribution in [1.82, 2.24) is 0 Å². The molecule has 3 N–H and O–H groups in total. The van der Waals surface area contributed by atoms with Gasteiger partial charge in [-0.15, -0.1) is 6.54 Å². The molecule has 2 unspecified atom stereocenters. The van der Waals surface area contributed by atoms with Crippen molar-refractivity contribution in [3.05, 3.63) is 53.3 Å². The molecule has 0 saturated heterocycles. The molecule has 27 heavy (non-hydrogen) atoms. The Balaban J connectivity index is 0.000000442. The molecule has 0 fully saturated rings. The van der Waals surface area contributed by atoms with Crippen molar-refractivity contribution < 1.29 is 42.5 Å². The second kappa shape index (κ2) is 10.5. The number of nitrogens with two attached hydrogens (primary N) is 1. The predicted molar refractivity (Wildman–Crippen MR) is 96.9 cm³/mol. The molecule has 0 spiro atoms. The van der Waals surface area contributed by atoms with Gasteiger partial charge in [-0.3, -0.25) is 0 Å². The van der Waals surface area contributed by atoms with Crippen LogP contribution in [0, 0.1) is 11.8 Å². The molecule has 0 aliphatic heterocycles. The van der Waals surface area contributed by atoms with E-state index >= 15 is 0 Å². The fourth-order valence-corrected chi connectivity index (χ4v) is 2.95. The standard InChI is InChI=1S/C14H16.C2H7N2.ClH.F6P.Ru/c1-2-6-12-10-14-8-4-3-7-13(14)9-11(12)5-1;3-1-2-4;;1-7(2,3,4,5)6;/h1-6,13-14H,7-10H2;3H,1-2,4H2;1H;;/q;-1;;-1;+3/p-1. The first kappa shape index (κ1) is 26.8. The van der Waals surface area contributed by atoms with Crippen LogP contribution in [0.1, 0.15) is 24.0 Å². The van der Waals surface area contributed by atoms with Gasteiger partial charge >= 0.3 is 60.0 Å². The smallest absolute Gasteiger partial charge is 0.0268 e. The average molecular weight is 525 g/mol. The summed E-state index contributed by atoms with van der Waals surface area (Å²) in [5, 5.41) is 0. The van der Waals surface area contributed by atoms with E-state index in [2.05, 4.69) is 46.1 Å². The molecular weight excluding hydrogens is 502 g/mol. The molecule has 2 atom stereocenters. The molecule has 1 aromatic carbocycles. The van der Waals surface area contributed by atoms with Crippen LogP contribution in [0.3, 0.4) is 0 Å². The summed E-state index contributed by atoms with van der Waals surface area (Å²) in [4.78, 5) is 0. The number of halogens is 7. The third-order valence-corrected chi connectivity index (χ3v) is 3.94. The van der Waals surface area contributed by atoms with Crippen molar-refractivity contribution in [3.63, 3.8) is 0 Å². The summed E-state index contributed by atoms with van der Waals surface area (Å²) >= 11 is 1.82. The van der Waals surface area contributed by atoms with E-state index in [1.54, 1.807) is 11.1 Å². The molecule has 0 aromatic heterocycles. The fourth-order valence-electron chi connectivity index (χ4n) is 2.95. The van der Waals surface area contributed by atoms with Crippen LogP contribution in [0.5, 0.6) is 0 Å². The van der Waals surface area contributed by atoms with Crippen LogP contribution in [-0.2, 0) is 30.2 Å². The molecule has 1 aromatic rings. The van der Waals surface area contributed by atoms with Gasteiger partial charge in [-0.25, -0.2) is 0 Å². The number of rotatable bonds is 1. The summed E-state index contributed by atoms with van der Waals surface area (Å²) in [6.45, 7) is 0.833. The Morgan fingerprint density at radius 1 is 0.926 bits per heavy atom. The molecular formula is C16H23ClF6N2PRu. The van der Waals surface area contributed by atoms with Crippen LogP contribution in [-0.4, -0.2) is 13.1 Å². The van der Waals surface area contributed by atoms with Gasteiger partial charge < -0.3 is 11.5 Å². The first-order valence-electron chi connectivity index (χ1n) is 8.06. The summed E-state index contributed by atoms with van der Waals surface area (Å²) in [6, 6.07) is 8.98. The zero-order valence-corrected chi connectivity index (χ0v) is 17.8. The molecule has 0 bridgehead atoms. The van der Waals surface area contributed by atoms with Crippen LogP contribution >= 0.6 is 17.5 Å². The fraction of sp³-hybridized carbons (Fsp3) is 0.500. The maximum absolute atomic E-state index is 10.7. The van der Waals surface area contributed by atoms with Gasteiger partial charge in [0.2, 0.25) is 0 Å². The van der Waals surface area contributed by atoms with Gasteiger partial charge in [0.05, 0.1) is 0 Å². The van der Waals surface area contributed by atoms with Crippen molar-refractivity contribution in [2.75, 3.05) is 13.1 Å². The van der Waals surface area contributed by atoms with E-state index in [1.807, 2.05) is 17.3 Å². The van der Waals surface area contributed by atoms with Gasteiger partial charge in [-0.1, -0.05) is 36.4 Å². The number of fused-ring (bicyclic) bond motifs is 2. The second-order valence-corrected chi connectivity index (χ2v) is 8.05. The first-order valence-corrected chi connectivity index (χ1v) is 12.3. The quantitative estimate of drug-likeness (QED) is 0.176. The zero-order valence-electron chi connectivity index (χ0n) is 14.4. The summed E-state index contributed by atoms with van der Waals surface area (Å²) in [7, 11) is -6.09. The Labute approximate surface area is 169 Å². The third-order valence-electron chi connectivity index (χ3n) is 3.94. The van der Waals surface area contributed by atoms with Gasteiger partial charge in [-0.05, 0) is 55.2 Å². The van der Waals surface area contributed by atoms with Gasteiger partial charge in [0.15, 0.2) is 0 Å². The Bertz CT molecular complexity index is 549. The second-order valence-electron chi connectivity index (χ2n) is 6.14. The molecule has 3 rings (SSSR count). The maximum Gasteiger partial charge on any atom is -0.0268 e. The largest absolute Gasteiger partial charge is 0.676 e. The minimum absolute atomic E-state index is 0.347. The molecule has 11 heteroatoms. The number of hydrogen-bond donors (Lipinski definition) is 1. The van der Waals surface area contributed by atoms with E-state index in [4.69, 9.17) is 11.5 Å². The van der Waals surface area contributed by atoms with Gasteiger partial charge in [0.25, 0.3) is 0 Å². The van der Waals surface area contributed by atoms with E-state index in [0.29, 0.717) is 13.1 Å². The van der Waals surface area contributed by atoms with Crippen molar-refractivity contribution in [3.8, 4) is 0 Å². The van der Waals surface area contributed by atoms with Crippen molar-refractivity contribution in [2.24, 2.45) is 17.6 Å². The number of hydrogen-bond acceptors (Lipinski definition) is 1. The normalized spacial score (nSPS) is 22.6. The van der Waals surface area contributed by atoms with Crippen LogP contribution in [0.25, 0.3) is 5.73 Å². The average Bonchev–Trinajstić information content (AvgIpc) is 2.59. The summed E-state index contributed by atoms with van der Waals surface area (Å²) in [5.74, 6) is 1.85. The Morgan fingerprint density at radius 2 is 1.22 bits per heavy atom. The SMILES string of the molecule is C1=CCC2Cc3ccccc3CC2C1.F[P-](F)(F)(F)(F)F.[Cl][Ru+2].[NH-]CCN. The molecule has 2 aliphatic rings. The zero-order chi connectivity index (χ0) is 21.2. The van der Waals surface area contributed by atoms with Crippen LogP contribution < -0.4 is 5.73 Å². The minimum Gasteiger partial charge on any atom is -0.676 e. The van der Waals surface area contributed by atoms with Gasteiger partial charge in [0.1, 0.15) is 0 Å². The predicted octanol–water partition coefficient (Wildman–Crippen LogP) is 7.43. The summed E-state index contributed by atoms with van der Waals surface area (Å²) in [5.41, 5.74) is 14.4. The van der Waals surface area contributed by atoms with E-state index < -0.39 is 7.81 Å². The van der Waals surface area contributed by atoms with Crippen molar-refractivity contribution in [1.29, 1.82) is 0 Å². The molecule has 0 heterocycles. The Hall–Kier alpha value is -0.197. The summed E-state index contributed by atoms with van der Waals surface area (Å²) < 4.78 is 59.2. The number of allylic oxidation sites excluding steroid dienone is 2. The van der Waals surface area contributed by atoms with Crippen molar-refractivity contribution in [2.45, 2.75) is 25.7 Å². The van der Waals surface area contributed by atoms with Gasteiger partial charge in [0, 0.05) is 0 Å². The molecule has 0 radical (unpaired) electrons. The Morgan fingerprint density at radius 3 is 1.48 bits per heavy atom. The van der Waals surface area contributed by atoms with Crippen LogP contribution in [0.15, 0.2) is 36.4 Å². The number of nitrogens with one attached hydrogen (secondary N) is 1. The Kier molecular flexibility index (Phi) is 10.5. The molecule has 0 amide bonds. The van der Waals surface area contributed by atoms with Gasteiger partial charge in [-0.2, -0.15) is 0 Å². The minimum atomic E-state index is -10.7. The number of benzene rings is 1. The third kappa shape index (κ3) is 15.4. The topological polar surface area (TPSA) is 49.8 Å². The molecule has 159 valence electrons.